The van der Waals surface area contributed by atoms with Crippen LogP contribution in [0.4, 0.5) is 0 Å². The number of nitrogens with zero attached hydrogens (tertiary/aromatic N) is 1. The largest absolute Gasteiger partial charge is 0.480 e. The van der Waals surface area contributed by atoms with E-state index in [2.05, 4.69) is 33.9 Å². The van der Waals surface area contributed by atoms with Gasteiger partial charge in [0.1, 0.15) is 6.04 Å². The molecule has 19 heavy (non-hydrogen) atoms. The van der Waals surface area contributed by atoms with Crippen LogP contribution in [-0.4, -0.2) is 35.8 Å². The Labute approximate surface area is 117 Å². The second-order valence-electron chi connectivity index (χ2n) is 7.54. The number of carboxylic acid groups (broad SMARTS) is 1. The van der Waals surface area contributed by atoms with Gasteiger partial charge in [0, 0.05) is 0 Å². The van der Waals surface area contributed by atoms with Crippen LogP contribution >= 0.6 is 0 Å². The fourth-order valence-corrected chi connectivity index (χ4v) is 4.98. The Hall–Kier alpha value is -0.843. The summed E-state index contributed by atoms with van der Waals surface area (Å²) in [6, 6.07) is -0.615. The number of aliphatic carboxylic acids is 1. The molecule has 1 saturated heterocycles. The van der Waals surface area contributed by atoms with E-state index in [1.807, 2.05) is 13.8 Å². The fraction of sp³-hybridized carbons (Fsp3) is 0.857. The Bertz CT molecular complexity index is 385. The molecule has 1 amide bonds. The van der Waals surface area contributed by atoms with Gasteiger partial charge in [-0.2, -0.15) is 0 Å². The topological polar surface area (TPSA) is 57.6 Å². The van der Waals surface area contributed by atoms with Crippen molar-refractivity contribution in [1.29, 1.82) is 0 Å². The van der Waals surface area contributed by atoms with Crippen LogP contribution in [0.25, 0.3) is 0 Å². The lowest BCUT2D eigenvalue weighted by atomic mass is 9.83. The molecule has 0 aliphatic carbocycles. The molecule has 0 aromatic rings. The minimum absolute atomic E-state index is 0.0286. The zero-order valence-electron chi connectivity index (χ0n) is 13.2. The summed E-state index contributed by atoms with van der Waals surface area (Å²) in [7, 11) is -2.10. The van der Waals surface area contributed by atoms with E-state index in [0.29, 0.717) is 12.3 Å². The first-order valence-corrected chi connectivity index (χ1v) is 9.92. The minimum atomic E-state index is -2.10. The van der Waals surface area contributed by atoms with Gasteiger partial charge >= 0.3 is 5.97 Å². The second kappa shape index (κ2) is 4.92. The maximum atomic E-state index is 12.4. The van der Waals surface area contributed by atoms with Gasteiger partial charge in [-0.1, -0.05) is 47.7 Å². The lowest BCUT2D eigenvalue weighted by Crippen LogP contribution is -2.74. The van der Waals surface area contributed by atoms with Crippen molar-refractivity contribution in [2.75, 3.05) is 0 Å². The predicted octanol–water partition coefficient (Wildman–Crippen LogP) is 2.95. The summed E-state index contributed by atoms with van der Waals surface area (Å²) in [6.45, 7) is 14.5. The number of β-lactam (4-membered cyclic amide) rings is 1. The maximum Gasteiger partial charge on any atom is 0.326 e. The number of carbonyl (C=O) groups is 2. The standard InChI is InChI=1S/C14H27NO3Si/c1-9(2)8-10-11(13(17)18)15(12(10)16)19(6,7)14(3,4)5/h9-11H,8H2,1-7H3,(H,17,18)/t10-,11+/m1/s1. The van der Waals surface area contributed by atoms with Gasteiger partial charge in [0.05, 0.1) is 5.92 Å². The summed E-state index contributed by atoms with van der Waals surface area (Å²) >= 11 is 0. The van der Waals surface area contributed by atoms with Crippen molar-refractivity contribution in [2.24, 2.45) is 11.8 Å². The molecule has 0 unspecified atom stereocenters. The Kier molecular flexibility index (Phi) is 4.20. The molecule has 0 saturated carbocycles. The Morgan fingerprint density at radius 1 is 1.37 bits per heavy atom. The van der Waals surface area contributed by atoms with Crippen LogP contribution in [0.2, 0.25) is 18.1 Å². The van der Waals surface area contributed by atoms with Gasteiger partial charge in [-0.25, -0.2) is 4.79 Å². The highest BCUT2D eigenvalue weighted by Gasteiger charge is 2.59. The normalized spacial score (nSPS) is 24.6. The summed E-state index contributed by atoms with van der Waals surface area (Å²) < 4.78 is 1.71. The number of carboxylic acids is 1. The molecular weight excluding hydrogens is 258 g/mol. The van der Waals surface area contributed by atoms with E-state index in [4.69, 9.17) is 0 Å². The van der Waals surface area contributed by atoms with Gasteiger partial charge < -0.3 is 9.67 Å². The van der Waals surface area contributed by atoms with E-state index in [1.54, 1.807) is 4.57 Å². The van der Waals surface area contributed by atoms with Crippen LogP contribution < -0.4 is 0 Å². The molecule has 0 radical (unpaired) electrons. The quantitative estimate of drug-likeness (QED) is 0.638. The third-order valence-electron chi connectivity index (χ3n) is 4.63. The summed E-state index contributed by atoms with van der Waals surface area (Å²) in [5, 5.41) is 9.43. The highest BCUT2D eigenvalue weighted by molar-refractivity contribution is 6.80. The third-order valence-corrected chi connectivity index (χ3v) is 10.0. The molecule has 1 N–H and O–H groups in total. The average Bonchev–Trinajstić information content (AvgIpc) is 2.19. The first kappa shape index (κ1) is 16.2. The monoisotopic (exact) mass is 285 g/mol. The van der Waals surface area contributed by atoms with Gasteiger partial charge in [-0.15, -0.1) is 0 Å². The smallest absolute Gasteiger partial charge is 0.326 e. The first-order chi connectivity index (χ1) is 8.41. The molecule has 4 nitrogen and oxygen atoms in total. The maximum absolute atomic E-state index is 12.4. The SMILES string of the molecule is CC(C)C[C@H]1C(=O)N([Si](C)(C)C(C)(C)C)[C@@H]1C(=O)O. The van der Waals surface area contributed by atoms with Crippen molar-refractivity contribution in [3.63, 3.8) is 0 Å². The van der Waals surface area contributed by atoms with Gasteiger partial charge in [0.25, 0.3) is 0 Å². The molecule has 0 spiro atoms. The number of hydrogen-bond acceptors (Lipinski definition) is 2. The second-order valence-corrected chi connectivity index (χ2v) is 12.6. The van der Waals surface area contributed by atoms with Gasteiger partial charge in [-0.05, 0) is 17.4 Å². The van der Waals surface area contributed by atoms with Crippen molar-refractivity contribution in [3.05, 3.63) is 0 Å². The molecule has 0 aromatic carbocycles. The Morgan fingerprint density at radius 2 is 1.84 bits per heavy atom. The van der Waals surface area contributed by atoms with E-state index in [0.717, 1.165) is 0 Å². The van der Waals surface area contributed by atoms with Crippen LogP contribution in [0.5, 0.6) is 0 Å². The van der Waals surface area contributed by atoms with Crippen molar-refractivity contribution in [3.8, 4) is 0 Å². The number of hydrogen-bond donors (Lipinski definition) is 1. The Balaban J connectivity index is 3.04. The lowest BCUT2D eigenvalue weighted by Gasteiger charge is -2.57. The number of amides is 1. The van der Waals surface area contributed by atoms with Crippen molar-refractivity contribution in [2.45, 2.75) is 65.2 Å². The van der Waals surface area contributed by atoms with E-state index >= 15 is 0 Å². The van der Waals surface area contributed by atoms with E-state index in [-0.39, 0.29) is 16.9 Å². The molecule has 1 heterocycles. The molecule has 1 fully saturated rings. The van der Waals surface area contributed by atoms with Crippen LogP contribution in [-0.2, 0) is 9.59 Å². The van der Waals surface area contributed by atoms with E-state index in [1.165, 1.54) is 0 Å². The zero-order chi connectivity index (χ0) is 15.2. The Morgan fingerprint density at radius 3 is 2.16 bits per heavy atom. The molecule has 0 aromatic heterocycles. The summed E-state index contributed by atoms with van der Waals surface area (Å²) in [5.74, 6) is -0.785. The first-order valence-electron chi connectivity index (χ1n) is 6.97. The summed E-state index contributed by atoms with van der Waals surface area (Å²) in [5.41, 5.74) is 0. The molecule has 2 atom stereocenters. The van der Waals surface area contributed by atoms with Gasteiger partial charge in [0.15, 0.2) is 8.24 Å². The molecule has 1 aliphatic heterocycles. The van der Waals surface area contributed by atoms with E-state index < -0.39 is 20.2 Å². The zero-order valence-corrected chi connectivity index (χ0v) is 14.2. The van der Waals surface area contributed by atoms with Crippen molar-refractivity contribution < 1.29 is 14.7 Å². The molecule has 0 bridgehead atoms. The third kappa shape index (κ3) is 2.71. The van der Waals surface area contributed by atoms with Crippen LogP contribution in [0, 0.1) is 11.8 Å². The predicted molar refractivity (Wildman–Crippen MR) is 78.4 cm³/mol. The highest BCUT2D eigenvalue weighted by Crippen LogP contribution is 2.45. The van der Waals surface area contributed by atoms with Crippen molar-refractivity contribution >= 4 is 20.1 Å². The van der Waals surface area contributed by atoms with Crippen LogP contribution in [0.15, 0.2) is 0 Å². The average molecular weight is 285 g/mol. The molecule has 110 valence electrons. The highest BCUT2D eigenvalue weighted by atomic mass is 28.3. The van der Waals surface area contributed by atoms with E-state index in [9.17, 15) is 14.7 Å². The van der Waals surface area contributed by atoms with Crippen LogP contribution in [0.3, 0.4) is 0 Å². The number of rotatable bonds is 4. The summed E-state index contributed by atoms with van der Waals surface area (Å²) in [6.07, 6.45) is 0.668. The molecular formula is C14H27NO3Si. The molecule has 5 heteroatoms. The van der Waals surface area contributed by atoms with Crippen LogP contribution in [0.1, 0.15) is 41.0 Å². The van der Waals surface area contributed by atoms with Gasteiger partial charge in [0.2, 0.25) is 5.91 Å². The minimum Gasteiger partial charge on any atom is -0.480 e. The molecule has 1 rings (SSSR count). The molecule has 1 aliphatic rings. The summed E-state index contributed by atoms with van der Waals surface area (Å²) in [4.78, 5) is 23.9. The fourth-order valence-electron chi connectivity index (χ4n) is 2.55. The number of carbonyl (C=O) groups excluding carboxylic acids is 1. The van der Waals surface area contributed by atoms with Crippen molar-refractivity contribution in [1.82, 2.24) is 4.57 Å². The lowest BCUT2D eigenvalue weighted by molar-refractivity contribution is -0.164. The van der Waals surface area contributed by atoms with Gasteiger partial charge in [-0.3, -0.25) is 4.79 Å².